The maximum Gasteiger partial charge on any atom is 0.101 e. The molecule has 0 fully saturated rings. The van der Waals surface area contributed by atoms with E-state index in [9.17, 15) is 10.5 Å². The average molecular weight is 700 g/mol. The van der Waals surface area contributed by atoms with E-state index in [1.807, 2.05) is 54.6 Å². The molecule has 0 N–H and O–H groups in total. The second-order valence-corrected chi connectivity index (χ2v) is 14.0. The molecule has 0 atom stereocenters. The topological polar surface area (TPSA) is 62.4 Å². The summed E-state index contributed by atoms with van der Waals surface area (Å²) in [7, 11) is 0. The Morgan fingerprint density at radius 2 is 0.836 bits per heavy atom. The summed E-state index contributed by atoms with van der Waals surface area (Å²) in [5.41, 5.74) is 12.5. The van der Waals surface area contributed by atoms with Gasteiger partial charge in [-0.3, -0.25) is 0 Å². The van der Waals surface area contributed by atoms with Gasteiger partial charge >= 0.3 is 0 Å². The van der Waals surface area contributed by atoms with Crippen LogP contribution in [0.2, 0.25) is 0 Å². The van der Waals surface area contributed by atoms with Crippen LogP contribution >= 0.6 is 0 Å². The zero-order valence-electron chi connectivity index (χ0n) is 29.5. The average Bonchev–Trinajstić information content (AvgIpc) is 3.89. The lowest BCUT2D eigenvalue weighted by molar-refractivity contribution is 1.15. The molecule has 11 aromatic rings. The fourth-order valence-electron chi connectivity index (χ4n) is 8.77. The summed E-state index contributed by atoms with van der Waals surface area (Å²) in [5, 5.41) is 27.3. The predicted octanol–water partition coefficient (Wildman–Crippen LogP) is 12.4. The van der Waals surface area contributed by atoms with E-state index in [1.165, 1.54) is 32.6 Å². The second kappa shape index (κ2) is 11.8. The van der Waals surface area contributed by atoms with Crippen LogP contribution < -0.4 is 0 Å². The van der Waals surface area contributed by atoms with Gasteiger partial charge in [-0.1, -0.05) is 103 Å². The molecule has 0 aliphatic carbocycles. The molecule has 11 rings (SSSR count). The second-order valence-electron chi connectivity index (χ2n) is 14.0. The van der Waals surface area contributed by atoms with Gasteiger partial charge in [0, 0.05) is 43.7 Å². The van der Waals surface area contributed by atoms with Crippen molar-refractivity contribution in [1.29, 1.82) is 10.5 Å². The quantitative estimate of drug-likeness (QED) is 0.184. The molecule has 8 aromatic carbocycles. The maximum atomic E-state index is 10.6. The Kier molecular flexibility index (Phi) is 6.61. The minimum absolute atomic E-state index is 0.556. The molecule has 0 unspecified atom stereocenters. The van der Waals surface area contributed by atoms with Crippen LogP contribution in [0.3, 0.4) is 0 Å². The fraction of sp³-hybridized carbons (Fsp3) is 0. The molecule has 5 heteroatoms. The molecule has 5 nitrogen and oxygen atoms in total. The summed E-state index contributed by atoms with van der Waals surface area (Å²) in [6.45, 7) is 0. The highest BCUT2D eigenvalue weighted by atomic mass is 15.0. The Morgan fingerprint density at radius 3 is 1.49 bits per heavy atom. The molecule has 0 saturated heterocycles. The minimum atomic E-state index is 0.556. The fourth-order valence-corrected chi connectivity index (χ4v) is 8.77. The van der Waals surface area contributed by atoms with Crippen LogP contribution in [0.5, 0.6) is 0 Å². The van der Waals surface area contributed by atoms with Crippen molar-refractivity contribution in [3.8, 4) is 40.3 Å². The molecule has 0 radical (unpaired) electrons. The smallest absolute Gasteiger partial charge is 0.101 e. The van der Waals surface area contributed by atoms with Crippen molar-refractivity contribution >= 4 is 65.4 Å². The van der Waals surface area contributed by atoms with Gasteiger partial charge in [0.15, 0.2) is 0 Å². The summed E-state index contributed by atoms with van der Waals surface area (Å²) in [6.07, 6.45) is 0. The van der Waals surface area contributed by atoms with E-state index in [-0.39, 0.29) is 0 Å². The normalized spacial score (nSPS) is 11.6. The number of para-hydroxylation sites is 4. The zero-order valence-corrected chi connectivity index (χ0v) is 29.5. The Balaban J connectivity index is 1.08. The highest BCUT2D eigenvalue weighted by Gasteiger charge is 2.19. The van der Waals surface area contributed by atoms with Crippen molar-refractivity contribution in [2.75, 3.05) is 0 Å². The van der Waals surface area contributed by atoms with Crippen LogP contribution in [-0.2, 0) is 0 Å². The Bertz CT molecular complexity index is 3420. The number of nitriles is 2. The molecule has 3 heterocycles. The van der Waals surface area contributed by atoms with Gasteiger partial charge in [-0.2, -0.15) is 10.5 Å². The molecule has 0 aliphatic rings. The van der Waals surface area contributed by atoms with Crippen molar-refractivity contribution in [1.82, 2.24) is 13.7 Å². The summed E-state index contributed by atoms with van der Waals surface area (Å²) in [6, 6.07) is 66.0. The van der Waals surface area contributed by atoms with E-state index in [2.05, 4.69) is 147 Å². The van der Waals surface area contributed by atoms with Crippen molar-refractivity contribution in [2.24, 2.45) is 0 Å². The van der Waals surface area contributed by atoms with Gasteiger partial charge in [-0.15, -0.1) is 0 Å². The van der Waals surface area contributed by atoms with Crippen molar-refractivity contribution in [3.63, 3.8) is 0 Å². The van der Waals surface area contributed by atoms with Gasteiger partial charge in [0.25, 0.3) is 0 Å². The Morgan fingerprint density at radius 1 is 0.327 bits per heavy atom. The van der Waals surface area contributed by atoms with Gasteiger partial charge in [0.05, 0.1) is 56.0 Å². The van der Waals surface area contributed by atoms with Crippen molar-refractivity contribution < 1.29 is 0 Å². The first kappa shape index (κ1) is 30.7. The monoisotopic (exact) mass is 699 g/mol. The molecule has 0 aliphatic heterocycles. The largest absolute Gasteiger partial charge is 0.309 e. The van der Waals surface area contributed by atoms with E-state index >= 15 is 0 Å². The summed E-state index contributed by atoms with van der Waals surface area (Å²) in [4.78, 5) is 0. The van der Waals surface area contributed by atoms with Gasteiger partial charge in [0.2, 0.25) is 0 Å². The number of rotatable bonds is 4. The van der Waals surface area contributed by atoms with E-state index in [4.69, 9.17) is 0 Å². The third kappa shape index (κ3) is 4.45. The number of benzene rings is 8. The molecular formula is C50H29N5. The first-order chi connectivity index (χ1) is 27.2. The minimum Gasteiger partial charge on any atom is -0.309 e. The van der Waals surface area contributed by atoms with E-state index in [1.54, 1.807) is 0 Å². The molecule has 254 valence electrons. The lowest BCUT2D eigenvalue weighted by Gasteiger charge is -2.14. The van der Waals surface area contributed by atoms with Gasteiger partial charge in [-0.05, 0) is 83.9 Å². The van der Waals surface area contributed by atoms with Gasteiger partial charge in [0.1, 0.15) is 6.07 Å². The molecule has 55 heavy (non-hydrogen) atoms. The molecule has 0 spiro atoms. The Labute approximate surface area is 316 Å². The Hall–Kier alpha value is -7.86. The van der Waals surface area contributed by atoms with E-state index in [0.29, 0.717) is 11.1 Å². The van der Waals surface area contributed by atoms with E-state index < -0.39 is 0 Å². The summed E-state index contributed by atoms with van der Waals surface area (Å²) < 4.78 is 6.83. The third-order valence-electron chi connectivity index (χ3n) is 11.1. The number of hydrogen-bond donors (Lipinski definition) is 0. The third-order valence-corrected chi connectivity index (χ3v) is 11.1. The molecular weight excluding hydrogens is 671 g/mol. The highest BCUT2D eigenvalue weighted by molar-refractivity contribution is 6.13. The summed E-state index contributed by atoms with van der Waals surface area (Å²) >= 11 is 0. The SMILES string of the molecule is N#Cc1cc(-c2cccc(-n3c4ccccc4c4ccc(-n5c6ccccc6c6ccccc65)cc43)c2)ccc1-n1c2ccccc2c2c(C#N)cccc21. The van der Waals surface area contributed by atoms with Crippen LogP contribution in [0.15, 0.2) is 176 Å². The lowest BCUT2D eigenvalue weighted by Crippen LogP contribution is -1.99. The number of fused-ring (bicyclic) bond motifs is 9. The van der Waals surface area contributed by atoms with Crippen LogP contribution in [0.4, 0.5) is 0 Å². The van der Waals surface area contributed by atoms with Crippen LogP contribution in [0.25, 0.3) is 93.6 Å². The van der Waals surface area contributed by atoms with Crippen LogP contribution in [-0.4, -0.2) is 13.7 Å². The first-order valence-electron chi connectivity index (χ1n) is 18.3. The highest BCUT2D eigenvalue weighted by Crippen LogP contribution is 2.39. The summed E-state index contributed by atoms with van der Waals surface area (Å²) in [5.74, 6) is 0. The van der Waals surface area contributed by atoms with Gasteiger partial charge in [-0.25, -0.2) is 0 Å². The van der Waals surface area contributed by atoms with Crippen LogP contribution in [0.1, 0.15) is 11.1 Å². The number of nitrogens with zero attached hydrogens (tertiary/aromatic N) is 5. The van der Waals surface area contributed by atoms with E-state index in [0.717, 1.165) is 61.0 Å². The maximum absolute atomic E-state index is 10.6. The molecule has 0 bridgehead atoms. The standard InChI is InChI=1S/C50H29N5/c51-30-34-12-10-22-48-50(34)42-17-4-8-21-47(42)55(48)43-26-23-33(27-35(43)31-52)32-11-9-13-36(28-32)54-46-20-7-3-16-40(46)41-25-24-37(29-49(41)54)53-44-18-5-1-14-38(44)39-15-2-6-19-45(39)53/h1-29H. The lowest BCUT2D eigenvalue weighted by atomic mass is 10.0. The molecule has 0 saturated carbocycles. The van der Waals surface area contributed by atoms with Crippen LogP contribution in [0, 0.1) is 22.7 Å². The van der Waals surface area contributed by atoms with Gasteiger partial charge < -0.3 is 13.7 Å². The zero-order chi connectivity index (χ0) is 36.6. The molecule has 0 amide bonds. The predicted molar refractivity (Wildman–Crippen MR) is 224 cm³/mol. The number of hydrogen-bond acceptors (Lipinski definition) is 2. The van der Waals surface area contributed by atoms with Crippen molar-refractivity contribution in [3.05, 3.63) is 187 Å². The number of aromatic nitrogens is 3. The molecule has 3 aromatic heterocycles. The first-order valence-corrected chi connectivity index (χ1v) is 18.3. The van der Waals surface area contributed by atoms with Crippen molar-refractivity contribution in [2.45, 2.75) is 0 Å².